The maximum absolute atomic E-state index is 12.7. The summed E-state index contributed by atoms with van der Waals surface area (Å²) in [6.07, 6.45) is 4.24. The quantitative estimate of drug-likeness (QED) is 0.188. The molecule has 1 amide bonds. The minimum atomic E-state index is -0.882. The van der Waals surface area contributed by atoms with E-state index in [9.17, 15) is 20.1 Å². The molecule has 0 aliphatic carbocycles. The largest absolute Gasteiger partial charge is 0.496 e. The Morgan fingerprint density at radius 3 is 2.43 bits per heavy atom. The number of carbonyl (C=O) groups excluding carboxylic acids is 2. The van der Waals surface area contributed by atoms with E-state index >= 15 is 0 Å². The lowest BCUT2D eigenvalue weighted by Crippen LogP contribution is -2.23. The highest BCUT2D eigenvalue weighted by Gasteiger charge is 2.17. The topological polar surface area (TPSA) is 135 Å². The van der Waals surface area contributed by atoms with Gasteiger partial charge in [0.1, 0.15) is 34.8 Å². The molecule has 3 aromatic rings. The van der Waals surface area contributed by atoms with Gasteiger partial charge in [-0.15, -0.1) is 0 Å². The molecule has 3 rings (SSSR count). The predicted molar refractivity (Wildman–Crippen MR) is 134 cm³/mol. The molecule has 1 aromatic heterocycles. The fourth-order valence-corrected chi connectivity index (χ4v) is 3.19. The number of hydrogen-bond donors (Lipinski definition) is 1. The van der Waals surface area contributed by atoms with Crippen molar-refractivity contribution in [3.05, 3.63) is 88.9 Å². The minimum Gasteiger partial charge on any atom is -0.496 e. The highest BCUT2D eigenvalue weighted by molar-refractivity contribution is 6.02. The van der Waals surface area contributed by atoms with Crippen LogP contribution in [0.25, 0.3) is 12.2 Å². The van der Waals surface area contributed by atoms with Gasteiger partial charge in [-0.2, -0.15) is 10.5 Å². The number of hydrogen-bond acceptors (Lipinski definition) is 8. The van der Waals surface area contributed by atoms with E-state index < -0.39 is 11.9 Å². The number of nitrogens with one attached hydrogen (secondary N) is 1. The number of nitrogens with zero attached hydrogens (tertiary/aromatic N) is 2. The van der Waals surface area contributed by atoms with Crippen LogP contribution in [0.3, 0.4) is 0 Å². The molecule has 0 aliphatic rings. The van der Waals surface area contributed by atoms with Gasteiger partial charge in [0.2, 0.25) is 0 Å². The van der Waals surface area contributed by atoms with Crippen LogP contribution in [0.1, 0.15) is 23.8 Å². The average Bonchev–Trinajstić information content (AvgIpc) is 3.44. The second kappa shape index (κ2) is 13.0. The van der Waals surface area contributed by atoms with Gasteiger partial charge in [-0.05, 0) is 55.0 Å². The van der Waals surface area contributed by atoms with Gasteiger partial charge in [-0.1, -0.05) is 24.3 Å². The molecule has 0 atom stereocenters. The number of rotatable bonds is 10. The molecular weight excluding hydrogens is 474 g/mol. The normalized spacial score (nSPS) is 11.1. The van der Waals surface area contributed by atoms with E-state index in [1.807, 2.05) is 12.1 Å². The van der Waals surface area contributed by atoms with Gasteiger partial charge in [0.15, 0.2) is 11.5 Å². The molecular formula is C28H23N3O6. The highest BCUT2D eigenvalue weighted by Crippen LogP contribution is 2.30. The molecule has 0 aliphatic heterocycles. The lowest BCUT2D eigenvalue weighted by atomic mass is 10.1. The number of carbonyl (C=O) groups is 2. The number of nitriles is 2. The number of ether oxygens (including phenoxy) is 3. The molecule has 0 radical (unpaired) electrons. The van der Waals surface area contributed by atoms with Crippen LogP contribution >= 0.6 is 0 Å². The Labute approximate surface area is 213 Å². The summed E-state index contributed by atoms with van der Waals surface area (Å²) in [6.45, 7) is 2.14. The van der Waals surface area contributed by atoms with Crippen LogP contribution in [0.15, 0.2) is 76.4 Å². The van der Waals surface area contributed by atoms with Crippen molar-refractivity contribution in [2.24, 2.45) is 0 Å². The van der Waals surface area contributed by atoms with Crippen molar-refractivity contribution in [2.75, 3.05) is 13.7 Å². The first-order chi connectivity index (χ1) is 18.0. The van der Waals surface area contributed by atoms with E-state index in [1.165, 1.54) is 37.7 Å². The highest BCUT2D eigenvalue weighted by atomic mass is 16.6. The Hall–Kier alpha value is -5.28. The Kier molecular flexibility index (Phi) is 9.24. The number of esters is 1. The number of para-hydroxylation sites is 1. The van der Waals surface area contributed by atoms with E-state index in [4.69, 9.17) is 18.6 Å². The number of furan rings is 1. The zero-order valence-corrected chi connectivity index (χ0v) is 20.2. The molecule has 0 unspecified atom stereocenters. The van der Waals surface area contributed by atoms with Crippen molar-refractivity contribution in [3.63, 3.8) is 0 Å². The Balaban J connectivity index is 1.81. The van der Waals surface area contributed by atoms with Gasteiger partial charge < -0.3 is 23.9 Å². The Bertz CT molecular complexity index is 1410. The summed E-state index contributed by atoms with van der Waals surface area (Å²) < 4.78 is 21.5. The molecule has 1 heterocycles. The van der Waals surface area contributed by atoms with Gasteiger partial charge in [-0.3, -0.25) is 4.79 Å². The van der Waals surface area contributed by atoms with Crippen LogP contribution in [0.5, 0.6) is 17.2 Å². The van der Waals surface area contributed by atoms with E-state index in [1.54, 1.807) is 49.4 Å². The SMILES string of the molecule is CCOc1cc(/C=C(\C#N)C(=O)NCc2ccco2)ccc1OC(=O)/C(C#N)=C/c1ccccc1OC. The second-order valence-electron chi connectivity index (χ2n) is 7.37. The van der Waals surface area contributed by atoms with Crippen molar-refractivity contribution < 1.29 is 28.2 Å². The average molecular weight is 498 g/mol. The molecule has 9 nitrogen and oxygen atoms in total. The van der Waals surface area contributed by atoms with Crippen LogP contribution in [0.4, 0.5) is 0 Å². The molecule has 186 valence electrons. The van der Waals surface area contributed by atoms with Gasteiger partial charge in [0.25, 0.3) is 5.91 Å². The predicted octanol–water partition coefficient (Wildman–Crippen LogP) is 4.42. The summed E-state index contributed by atoms with van der Waals surface area (Å²) in [5.41, 5.74) is 0.637. The van der Waals surface area contributed by atoms with Crippen LogP contribution in [-0.2, 0) is 16.1 Å². The van der Waals surface area contributed by atoms with Crippen LogP contribution < -0.4 is 19.5 Å². The van der Waals surface area contributed by atoms with Crippen molar-refractivity contribution in [3.8, 4) is 29.4 Å². The molecule has 0 saturated carbocycles. The summed E-state index contributed by atoms with van der Waals surface area (Å²) in [7, 11) is 1.49. The van der Waals surface area contributed by atoms with Gasteiger partial charge in [0, 0.05) is 5.56 Å². The van der Waals surface area contributed by atoms with Crippen molar-refractivity contribution in [1.82, 2.24) is 5.32 Å². The Morgan fingerprint density at radius 1 is 0.973 bits per heavy atom. The summed E-state index contributed by atoms with van der Waals surface area (Å²) in [5, 5.41) is 21.6. The van der Waals surface area contributed by atoms with Crippen LogP contribution in [-0.4, -0.2) is 25.6 Å². The van der Waals surface area contributed by atoms with Crippen LogP contribution in [0, 0.1) is 22.7 Å². The molecule has 37 heavy (non-hydrogen) atoms. The minimum absolute atomic E-state index is 0.0750. The van der Waals surface area contributed by atoms with E-state index in [0.717, 1.165) is 0 Å². The van der Waals surface area contributed by atoms with Crippen molar-refractivity contribution >= 4 is 24.0 Å². The number of benzene rings is 2. The number of methoxy groups -OCH3 is 1. The first kappa shape index (κ1) is 26.3. The number of amides is 1. The maximum atomic E-state index is 12.7. The first-order valence-corrected chi connectivity index (χ1v) is 11.1. The van der Waals surface area contributed by atoms with Gasteiger partial charge in [-0.25, -0.2) is 4.79 Å². The lowest BCUT2D eigenvalue weighted by Gasteiger charge is -2.11. The third-order valence-corrected chi connectivity index (χ3v) is 4.93. The molecule has 1 N–H and O–H groups in total. The maximum Gasteiger partial charge on any atom is 0.354 e. The zero-order valence-electron chi connectivity index (χ0n) is 20.2. The molecule has 2 aromatic carbocycles. The second-order valence-corrected chi connectivity index (χ2v) is 7.37. The summed E-state index contributed by atoms with van der Waals surface area (Å²) in [4.78, 5) is 25.2. The third kappa shape index (κ3) is 7.10. The molecule has 0 saturated heterocycles. The molecule has 9 heteroatoms. The van der Waals surface area contributed by atoms with Crippen LogP contribution in [0.2, 0.25) is 0 Å². The molecule has 0 fully saturated rings. The summed E-state index contributed by atoms with van der Waals surface area (Å²) >= 11 is 0. The standard InChI is InChI=1S/C28H23N3O6/c1-3-35-26-14-19(13-21(16-29)27(32)31-18-23-8-6-12-36-23)10-11-25(26)37-28(33)22(17-30)15-20-7-4-5-9-24(20)34-2/h4-15H,3,18H2,1-2H3,(H,31,32)/b21-13+,22-15+. The van der Waals surface area contributed by atoms with Crippen molar-refractivity contribution in [2.45, 2.75) is 13.5 Å². The van der Waals surface area contributed by atoms with E-state index in [0.29, 0.717) is 22.6 Å². The summed E-state index contributed by atoms with van der Waals surface area (Å²) in [6, 6.07) is 18.6. The lowest BCUT2D eigenvalue weighted by molar-refractivity contribution is -0.129. The fraction of sp³-hybridized carbons (Fsp3) is 0.143. The molecule has 0 spiro atoms. The van der Waals surface area contributed by atoms with Crippen molar-refractivity contribution in [1.29, 1.82) is 10.5 Å². The Morgan fingerprint density at radius 2 is 1.76 bits per heavy atom. The third-order valence-electron chi connectivity index (χ3n) is 4.93. The van der Waals surface area contributed by atoms with E-state index in [-0.39, 0.29) is 35.8 Å². The monoisotopic (exact) mass is 497 g/mol. The first-order valence-electron chi connectivity index (χ1n) is 11.1. The molecule has 0 bridgehead atoms. The zero-order chi connectivity index (χ0) is 26.6. The fourth-order valence-electron chi connectivity index (χ4n) is 3.19. The smallest absolute Gasteiger partial charge is 0.354 e. The summed E-state index contributed by atoms with van der Waals surface area (Å²) in [5.74, 6) is -0.138. The van der Waals surface area contributed by atoms with E-state index in [2.05, 4.69) is 5.32 Å². The van der Waals surface area contributed by atoms with Gasteiger partial charge >= 0.3 is 5.97 Å². The van der Waals surface area contributed by atoms with Gasteiger partial charge in [0.05, 0.1) is 26.5 Å².